The van der Waals surface area contributed by atoms with Crippen LogP contribution >= 0.6 is 11.6 Å². The number of aryl methyl sites for hydroxylation is 1. The molecule has 21 heavy (non-hydrogen) atoms. The Labute approximate surface area is 129 Å². The van der Waals surface area contributed by atoms with Crippen LogP contribution < -0.4 is 4.74 Å². The Balaban J connectivity index is 1.83. The van der Waals surface area contributed by atoms with Gasteiger partial charge in [-0.25, -0.2) is 0 Å². The van der Waals surface area contributed by atoms with Crippen LogP contribution in [0, 0.1) is 0 Å². The molecule has 1 atom stereocenters. The number of hydrogen-bond donors (Lipinski definition) is 0. The summed E-state index contributed by atoms with van der Waals surface area (Å²) in [7, 11) is 1.61. The highest BCUT2D eigenvalue weighted by molar-refractivity contribution is 6.30. The first kappa shape index (κ1) is 14.2. The second kappa shape index (κ2) is 5.90. The molecule has 0 N–H and O–H groups in total. The van der Waals surface area contributed by atoms with E-state index in [9.17, 15) is 4.79 Å². The largest absolute Gasteiger partial charge is 0.496 e. The molecule has 0 saturated carbocycles. The van der Waals surface area contributed by atoms with E-state index >= 15 is 0 Å². The van der Waals surface area contributed by atoms with Crippen LogP contribution in [0.15, 0.2) is 42.5 Å². The van der Waals surface area contributed by atoms with E-state index in [1.54, 1.807) is 13.2 Å². The summed E-state index contributed by atoms with van der Waals surface area (Å²) in [6, 6.07) is 13.6. The van der Waals surface area contributed by atoms with Crippen LogP contribution in [-0.2, 0) is 17.6 Å². The van der Waals surface area contributed by atoms with E-state index in [1.165, 1.54) is 11.1 Å². The predicted octanol–water partition coefficient (Wildman–Crippen LogP) is 4.19. The molecule has 1 aliphatic carbocycles. The van der Waals surface area contributed by atoms with E-state index in [4.69, 9.17) is 16.3 Å². The third-order valence-corrected chi connectivity index (χ3v) is 4.36. The average molecular weight is 301 g/mol. The van der Waals surface area contributed by atoms with Crippen molar-refractivity contribution in [2.24, 2.45) is 0 Å². The monoisotopic (exact) mass is 300 g/mol. The van der Waals surface area contributed by atoms with E-state index in [0.29, 0.717) is 11.4 Å². The van der Waals surface area contributed by atoms with Crippen molar-refractivity contribution in [3.05, 3.63) is 64.2 Å². The number of halogens is 1. The number of ether oxygens (including phenoxy) is 1. The SMILES string of the molecule is COc1ccc(Cl)cc1CC(=O)C1CCc2ccccc21. The van der Waals surface area contributed by atoms with Crippen LogP contribution in [0.4, 0.5) is 0 Å². The molecule has 0 bridgehead atoms. The molecule has 0 amide bonds. The van der Waals surface area contributed by atoms with E-state index in [0.717, 1.165) is 24.2 Å². The molecule has 0 aromatic heterocycles. The number of carbonyl (C=O) groups excluding carboxylic acids is 1. The zero-order valence-electron chi connectivity index (χ0n) is 11.9. The molecule has 2 aromatic carbocycles. The van der Waals surface area contributed by atoms with Gasteiger partial charge in [-0.2, -0.15) is 0 Å². The highest BCUT2D eigenvalue weighted by Crippen LogP contribution is 2.35. The molecule has 0 heterocycles. The normalized spacial score (nSPS) is 16.6. The van der Waals surface area contributed by atoms with Gasteiger partial charge in [0.1, 0.15) is 11.5 Å². The summed E-state index contributed by atoms with van der Waals surface area (Å²) in [5, 5.41) is 0.630. The summed E-state index contributed by atoms with van der Waals surface area (Å²) in [5.41, 5.74) is 3.34. The first-order valence-electron chi connectivity index (χ1n) is 7.12. The molecule has 3 heteroatoms. The van der Waals surface area contributed by atoms with Crippen LogP contribution in [0.1, 0.15) is 29.0 Å². The Morgan fingerprint density at radius 3 is 2.90 bits per heavy atom. The fourth-order valence-electron chi connectivity index (χ4n) is 3.09. The van der Waals surface area contributed by atoms with E-state index in [1.807, 2.05) is 24.3 Å². The second-order valence-electron chi connectivity index (χ2n) is 5.39. The third kappa shape index (κ3) is 2.81. The Hall–Kier alpha value is -1.80. The van der Waals surface area contributed by atoms with Crippen molar-refractivity contribution < 1.29 is 9.53 Å². The van der Waals surface area contributed by atoms with E-state index in [2.05, 4.69) is 12.1 Å². The standard InChI is InChI=1S/C18H17ClO2/c1-21-18-9-7-14(19)10-13(18)11-17(20)16-8-6-12-4-2-3-5-15(12)16/h2-5,7,9-10,16H,6,8,11H2,1H3. The summed E-state index contributed by atoms with van der Waals surface area (Å²) < 4.78 is 5.32. The summed E-state index contributed by atoms with van der Waals surface area (Å²) in [4.78, 5) is 12.7. The molecule has 2 nitrogen and oxygen atoms in total. The Kier molecular flexibility index (Phi) is 3.98. The number of Topliss-reactive ketones (excluding diaryl/α,β-unsaturated/α-hetero) is 1. The molecule has 2 aromatic rings. The van der Waals surface area contributed by atoms with Crippen LogP contribution in [0.5, 0.6) is 5.75 Å². The Morgan fingerprint density at radius 2 is 2.10 bits per heavy atom. The van der Waals surface area contributed by atoms with Gasteiger partial charge in [-0.3, -0.25) is 4.79 Å². The number of hydrogen-bond acceptors (Lipinski definition) is 2. The lowest BCUT2D eigenvalue weighted by Gasteiger charge is -2.13. The summed E-state index contributed by atoms with van der Waals surface area (Å²) in [6.07, 6.45) is 2.25. The second-order valence-corrected chi connectivity index (χ2v) is 5.83. The molecule has 0 saturated heterocycles. The quantitative estimate of drug-likeness (QED) is 0.846. The molecular formula is C18H17ClO2. The fraction of sp³-hybridized carbons (Fsp3) is 0.278. The molecule has 3 rings (SSSR count). The number of benzene rings is 2. The summed E-state index contributed by atoms with van der Waals surface area (Å²) in [5.74, 6) is 0.962. The first-order chi connectivity index (χ1) is 10.2. The van der Waals surface area contributed by atoms with Gasteiger partial charge in [-0.05, 0) is 42.2 Å². The molecule has 1 aliphatic rings. The van der Waals surface area contributed by atoms with E-state index in [-0.39, 0.29) is 11.7 Å². The van der Waals surface area contributed by atoms with Crippen LogP contribution in [0.3, 0.4) is 0 Å². The predicted molar refractivity (Wildman–Crippen MR) is 84.2 cm³/mol. The topological polar surface area (TPSA) is 26.3 Å². The van der Waals surface area contributed by atoms with Gasteiger partial charge in [0.05, 0.1) is 7.11 Å². The minimum Gasteiger partial charge on any atom is -0.496 e. The lowest BCUT2D eigenvalue weighted by molar-refractivity contribution is -0.119. The van der Waals surface area contributed by atoms with Crippen LogP contribution in [0.2, 0.25) is 5.02 Å². The zero-order chi connectivity index (χ0) is 14.8. The lowest BCUT2D eigenvalue weighted by Crippen LogP contribution is -2.13. The maximum atomic E-state index is 12.7. The number of methoxy groups -OCH3 is 1. The van der Waals surface area contributed by atoms with Gasteiger partial charge in [0, 0.05) is 22.9 Å². The maximum absolute atomic E-state index is 12.7. The van der Waals surface area contributed by atoms with Crippen molar-refractivity contribution in [3.63, 3.8) is 0 Å². The van der Waals surface area contributed by atoms with Gasteiger partial charge in [-0.15, -0.1) is 0 Å². The maximum Gasteiger partial charge on any atom is 0.144 e. The van der Waals surface area contributed by atoms with Crippen molar-refractivity contribution >= 4 is 17.4 Å². The minimum absolute atomic E-state index is 0.00453. The van der Waals surface area contributed by atoms with Crippen LogP contribution in [-0.4, -0.2) is 12.9 Å². The number of rotatable bonds is 4. The summed E-state index contributed by atoms with van der Waals surface area (Å²) in [6.45, 7) is 0. The minimum atomic E-state index is 0.00453. The number of carbonyl (C=O) groups is 1. The van der Waals surface area contributed by atoms with Crippen LogP contribution in [0.25, 0.3) is 0 Å². The highest BCUT2D eigenvalue weighted by atomic mass is 35.5. The average Bonchev–Trinajstić information content (AvgIpc) is 2.91. The van der Waals surface area contributed by atoms with Crippen molar-refractivity contribution in [2.45, 2.75) is 25.2 Å². The zero-order valence-corrected chi connectivity index (χ0v) is 12.7. The van der Waals surface area contributed by atoms with E-state index < -0.39 is 0 Å². The van der Waals surface area contributed by atoms with Crippen molar-refractivity contribution in [1.82, 2.24) is 0 Å². The first-order valence-corrected chi connectivity index (χ1v) is 7.50. The molecular weight excluding hydrogens is 284 g/mol. The number of fused-ring (bicyclic) bond motifs is 1. The molecule has 0 spiro atoms. The third-order valence-electron chi connectivity index (χ3n) is 4.13. The molecule has 0 fully saturated rings. The van der Waals surface area contributed by atoms with Gasteiger partial charge in [0.25, 0.3) is 0 Å². The highest BCUT2D eigenvalue weighted by Gasteiger charge is 2.28. The molecule has 0 radical (unpaired) electrons. The van der Waals surface area contributed by atoms with Gasteiger partial charge in [0.2, 0.25) is 0 Å². The Bertz CT molecular complexity index is 679. The summed E-state index contributed by atoms with van der Waals surface area (Å²) >= 11 is 6.03. The number of ketones is 1. The lowest BCUT2D eigenvalue weighted by atomic mass is 9.92. The molecule has 108 valence electrons. The van der Waals surface area contributed by atoms with Gasteiger partial charge in [-0.1, -0.05) is 35.9 Å². The Morgan fingerprint density at radius 1 is 1.29 bits per heavy atom. The van der Waals surface area contributed by atoms with Crippen molar-refractivity contribution in [1.29, 1.82) is 0 Å². The fourth-order valence-corrected chi connectivity index (χ4v) is 3.28. The van der Waals surface area contributed by atoms with Gasteiger partial charge < -0.3 is 4.74 Å². The van der Waals surface area contributed by atoms with Crippen molar-refractivity contribution in [3.8, 4) is 5.75 Å². The van der Waals surface area contributed by atoms with Crippen molar-refractivity contribution in [2.75, 3.05) is 7.11 Å². The molecule has 0 aliphatic heterocycles. The van der Waals surface area contributed by atoms with Gasteiger partial charge >= 0.3 is 0 Å². The van der Waals surface area contributed by atoms with Gasteiger partial charge in [0.15, 0.2) is 0 Å². The molecule has 1 unspecified atom stereocenters. The smallest absolute Gasteiger partial charge is 0.144 e.